The smallest absolute Gasteiger partial charge is 0.320 e. The van der Waals surface area contributed by atoms with Crippen molar-refractivity contribution in [3.8, 4) is 0 Å². The van der Waals surface area contributed by atoms with Crippen molar-refractivity contribution < 1.29 is 14.7 Å². The van der Waals surface area contributed by atoms with Gasteiger partial charge >= 0.3 is 12.0 Å². The maximum atomic E-state index is 11.7. The third-order valence-electron chi connectivity index (χ3n) is 2.37. The van der Waals surface area contributed by atoms with Crippen LogP contribution in [-0.2, 0) is 11.8 Å². The van der Waals surface area contributed by atoms with Gasteiger partial charge in [0.05, 0.1) is 0 Å². The predicted molar refractivity (Wildman–Crippen MR) is 66.3 cm³/mol. The van der Waals surface area contributed by atoms with Crippen LogP contribution in [0.25, 0.3) is 0 Å². The Balaban J connectivity index is 2.45. The number of aromatic nitrogens is 2. The molecule has 0 bridgehead atoms. The Morgan fingerprint density at radius 2 is 2.17 bits per heavy atom. The number of anilines is 1. The third kappa shape index (κ3) is 4.86. The molecular weight excluding hydrogens is 236 g/mol. The number of hydrogen-bond acceptors (Lipinski definition) is 3. The van der Waals surface area contributed by atoms with Gasteiger partial charge in [-0.25, -0.2) is 4.79 Å². The number of carbonyl (C=O) groups is 2. The van der Waals surface area contributed by atoms with Crippen molar-refractivity contribution in [3.05, 3.63) is 12.3 Å². The van der Waals surface area contributed by atoms with E-state index in [0.29, 0.717) is 12.2 Å². The number of nitrogens with zero attached hydrogens (tertiary/aromatic N) is 2. The lowest BCUT2D eigenvalue weighted by Crippen LogP contribution is -2.45. The monoisotopic (exact) mass is 254 g/mol. The molecule has 1 heterocycles. The molecule has 2 amide bonds. The normalized spacial score (nSPS) is 11.1. The van der Waals surface area contributed by atoms with Gasteiger partial charge in [0, 0.05) is 31.3 Å². The van der Waals surface area contributed by atoms with Crippen LogP contribution < -0.4 is 10.6 Å². The molecule has 7 heteroatoms. The summed E-state index contributed by atoms with van der Waals surface area (Å²) in [6, 6.07) is 1.27. The van der Waals surface area contributed by atoms with Crippen LogP contribution in [0.2, 0.25) is 0 Å². The number of nitrogens with one attached hydrogen (secondary N) is 2. The Morgan fingerprint density at radius 1 is 1.50 bits per heavy atom. The molecular formula is C11H18N4O3. The average Bonchev–Trinajstić information content (AvgIpc) is 2.60. The van der Waals surface area contributed by atoms with E-state index in [2.05, 4.69) is 15.7 Å². The van der Waals surface area contributed by atoms with Crippen molar-refractivity contribution in [2.24, 2.45) is 7.05 Å². The van der Waals surface area contributed by atoms with Gasteiger partial charge in [0.1, 0.15) is 0 Å². The molecule has 0 saturated heterocycles. The molecule has 0 aliphatic heterocycles. The minimum Gasteiger partial charge on any atom is -0.481 e. The number of carboxylic acids is 1. The molecule has 0 unspecified atom stereocenters. The number of aliphatic carboxylic acids is 1. The van der Waals surface area contributed by atoms with Gasteiger partial charge in [-0.15, -0.1) is 0 Å². The molecule has 3 N–H and O–H groups in total. The van der Waals surface area contributed by atoms with Gasteiger partial charge in [-0.3, -0.25) is 14.8 Å². The Bertz CT molecular complexity index is 439. The molecule has 7 nitrogen and oxygen atoms in total. The van der Waals surface area contributed by atoms with Crippen LogP contribution in [0.15, 0.2) is 12.3 Å². The quantitative estimate of drug-likeness (QED) is 0.735. The van der Waals surface area contributed by atoms with E-state index in [9.17, 15) is 9.59 Å². The average molecular weight is 254 g/mol. The van der Waals surface area contributed by atoms with Crippen LogP contribution in [0.3, 0.4) is 0 Å². The van der Waals surface area contributed by atoms with Crippen LogP contribution in [0, 0.1) is 0 Å². The van der Waals surface area contributed by atoms with E-state index >= 15 is 0 Å². The molecule has 18 heavy (non-hydrogen) atoms. The summed E-state index contributed by atoms with van der Waals surface area (Å²) in [5.41, 5.74) is -0.586. The summed E-state index contributed by atoms with van der Waals surface area (Å²) in [6.45, 7) is 3.54. The highest BCUT2D eigenvalue weighted by Gasteiger charge is 2.21. The summed E-state index contributed by atoms with van der Waals surface area (Å²) in [7, 11) is 1.75. The first-order valence-corrected chi connectivity index (χ1v) is 5.59. The minimum atomic E-state index is -0.880. The topological polar surface area (TPSA) is 96.2 Å². The molecule has 1 aromatic rings. The van der Waals surface area contributed by atoms with Crippen LogP contribution in [-0.4, -0.2) is 32.4 Å². The molecule has 0 aliphatic rings. The van der Waals surface area contributed by atoms with Gasteiger partial charge in [-0.05, 0) is 20.3 Å². The summed E-state index contributed by atoms with van der Waals surface area (Å²) in [6.07, 6.45) is 2.08. The Morgan fingerprint density at radius 3 is 2.67 bits per heavy atom. The lowest BCUT2D eigenvalue weighted by molar-refractivity contribution is -0.137. The fraction of sp³-hybridized carbons (Fsp3) is 0.545. The fourth-order valence-corrected chi connectivity index (χ4v) is 1.42. The molecule has 0 radical (unpaired) electrons. The molecule has 1 aromatic heterocycles. The zero-order valence-corrected chi connectivity index (χ0v) is 10.7. The lowest BCUT2D eigenvalue weighted by Gasteiger charge is -2.25. The largest absolute Gasteiger partial charge is 0.481 e. The van der Waals surface area contributed by atoms with Gasteiger partial charge in [0.15, 0.2) is 5.82 Å². The molecule has 0 saturated carbocycles. The van der Waals surface area contributed by atoms with Crippen molar-refractivity contribution in [2.45, 2.75) is 32.2 Å². The maximum absolute atomic E-state index is 11.7. The van der Waals surface area contributed by atoms with E-state index < -0.39 is 17.5 Å². The highest BCUT2D eigenvalue weighted by atomic mass is 16.4. The summed E-state index contributed by atoms with van der Waals surface area (Å²) < 4.78 is 1.57. The summed E-state index contributed by atoms with van der Waals surface area (Å²) in [5.74, 6) is -0.431. The zero-order valence-electron chi connectivity index (χ0n) is 10.7. The second-order valence-electron chi connectivity index (χ2n) is 4.73. The molecule has 0 aliphatic carbocycles. The Kier molecular flexibility index (Phi) is 4.30. The predicted octanol–water partition coefficient (Wildman–Crippen LogP) is 1.18. The van der Waals surface area contributed by atoms with Crippen LogP contribution in [0.5, 0.6) is 0 Å². The summed E-state index contributed by atoms with van der Waals surface area (Å²) in [5, 5.41) is 17.9. The summed E-state index contributed by atoms with van der Waals surface area (Å²) in [4.78, 5) is 22.1. The second-order valence-corrected chi connectivity index (χ2v) is 4.73. The van der Waals surface area contributed by atoms with Crippen molar-refractivity contribution in [1.82, 2.24) is 15.1 Å². The van der Waals surface area contributed by atoms with Crippen LogP contribution in [0.1, 0.15) is 26.7 Å². The third-order valence-corrected chi connectivity index (χ3v) is 2.37. The van der Waals surface area contributed by atoms with E-state index in [4.69, 9.17) is 5.11 Å². The number of urea groups is 1. The van der Waals surface area contributed by atoms with E-state index in [1.807, 2.05) is 0 Å². The van der Waals surface area contributed by atoms with E-state index in [1.165, 1.54) is 0 Å². The van der Waals surface area contributed by atoms with E-state index in [0.717, 1.165) is 0 Å². The van der Waals surface area contributed by atoms with Crippen molar-refractivity contribution >= 4 is 17.8 Å². The first-order valence-electron chi connectivity index (χ1n) is 5.59. The number of hydrogen-bond donors (Lipinski definition) is 3. The van der Waals surface area contributed by atoms with Gasteiger partial charge in [0.25, 0.3) is 0 Å². The number of aryl methyl sites for hydroxylation is 1. The molecule has 1 rings (SSSR count). The number of rotatable bonds is 5. The van der Waals surface area contributed by atoms with Crippen LogP contribution >= 0.6 is 0 Å². The molecule has 0 atom stereocenters. The van der Waals surface area contributed by atoms with Gasteiger partial charge in [-0.2, -0.15) is 5.10 Å². The van der Waals surface area contributed by atoms with Crippen molar-refractivity contribution in [3.63, 3.8) is 0 Å². The Hall–Kier alpha value is -2.05. The zero-order chi connectivity index (χ0) is 13.8. The number of carbonyl (C=O) groups excluding carboxylic acids is 1. The molecule has 0 fully saturated rings. The highest BCUT2D eigenvalue weighted by Crippen LogP contribution is 2.11. The molecule has 100 valence electrons. The maximum Gasteiger partial charge on any atom is 0.320 e. The second kappa shape index (κ2) is 5.52. The van der Waals surface area contributed by atoms with Gasteiger partial charge in [0.2, 0.25) is 0 Å². The van der Waals surface area contributed by atoms with Crippen molar-refractivity contribution in [2.75, 3.05) is 5.32 Å². The minimum absolute atomic E-state index is 0.0108. The standard InChI is InChI=1S/C11H18N4O3/c1-11(2,6-4-9(16)17)13-10(18)12-8-5-7-15(3)14-8/h5,7H,4,6H2,1-3H3,(H,16,17)(H2,12,13,14,18). The van der Waals surface area contributed by atoms with Gasteiger partial charge in [-0.1, -0.05) is 0 Å². The molecule has 0 spiro atoms. The Labute approximate surface area is 105 Å². The summed E-state index contributed by atoms with van der Waals surface area (Å²) >= 11 is 0. The van der Waals surface area contributed by atoms with Crippen LogP contribution in [0.4, 0.5) is 10.6 Å². The highest BCUT2D eigenvalue weighted by molar-refractivity contribution is 5.88. The lowest BCUT2D eigenvalue weighted by atomic mass is 9.99. The first-order chi connectivity index (χ1) is 8.28. The van der Waals surface area contributed by atoms with E-state index in [-0.39, 0.29) is 6.42 Å². The fourth-order valence-electron chi connectivity index (χ4n) is 1.42. The first kappa shape index (κ1) is 14.0. The number of carboxylic acid groups (broad SMARTS) is 1. The van der Waals surface area contributed by atoms with Gasteiger partial charge < -0.3 is 10.4 Å². The van der Waals surface area contributed by atoms with E-state index in [1.54, 1.807) is 37.8 Å². The van der Waals surface area contributed by atoms with Crippen molar-refractivity contribution in [1.29, 1.82) is 0 Å². The SMILES string of the molecule is Cn1ccc(NC(=O)NC(C)(C)CCC(=O)O)n1. The number of amides is 2. The molecule has 0 aromatic carbocycles.